The number of hydrogen-bond donors (Lipinski definition) is 2. The predicted molar refractivity (Wildman–Crippen MR) is 69.1 cm³/mol. The minimum atomic E-state index is -0.655. The molecule has 2 aromatic heterocycles. The molecule has 0 aromatic carbocycles. The van der Waals surface area contributed by atoms with Crippen LogP contribution in [0.15, 0.2) is 34.9 Å². The Labute approximate surface area is 109 Å². The van der Waals surface area contributed by atoms with E-state index in [9.17, 15) is 5.11 Å². The van der Waals surface area contributed by atoms with Crippen LogP contribution in [-0.2, 0) is 0 Å². The third-order valence-electron chi connectivity index (χ3n) is 2.65. The van der Waals surface area contributed by atoms with Crippen molar-refractivity contribution in [2.75, 3.05) is 6.54 Å². The lowest BCUT2D eigenvalue weighted by molar-refractivity contribution is 0.144. The van der Waals surface area contributed by atoms with Crippen LogP contribution in [0.4, 0.5) is 0 Å². The molecular weight excluding hydrogens is 248 g/mol. The Morgan fingerprint density at radius 2 is 2.33 bits per heavy atom. The van der Waals surface area contributed by atoms with Gasteiger partial charge in [0.2, 0.25) is 0 Å². The van der Waals surface area contributed by atoms with Crippen LogP contribution >= 0.6 is 11.3 Å². The molecule has 5 heteroatoms. The van der Waals surface area contributed by atoms with Crippen LogP contribution in [0.5, 0.6) is 0 Å². The molecule has 0 amide bonds. The maximum absolute atomic E-state index is 9.85. The van der Waals surface area contributed by atoms with Gasteiger partial charge in [-0.15, -0.1) is 11.3 Å². The van der Waals surface area contributed by atoms with Gasteiger partial charge in [0.25, 0.3) is 0 Å². The van der Waals surface area contributed by atoms with Gasteiger partial charge < -0.3 is 14.8 Å². The molecular formula is C13H14N2O2S. The number of rotatable bonds is 5. The van der Waals surface area contributed by atoms with E-state index in [4.69, 9.17) is 9.68 Å². The molecule has 0 bridgehead atoms. The second kappa shape index (κ2) is 5.83. The van der Waals surface area contributed by atoms with Crippen LogP contribution in [-0.4, -0.2) is 11.7 Å². The fourth-order valence-electron chi connectivity index (χ4n) is 1.62. The molecule has 2 rings (SSSR count). The van der Waals surface area contributed by atoms with Crippen molar-refractivity contribution in [1.82, 2.24) is 5.32 Å². The molecule has 0 saturated carbocycles. The first-order chi connectivity index (χ1) is 8.70. The number of nitriles is 1. The van der Waals surface area contributed by atoms with Gasteiger partial charge in [0.15, 0.2) is 0 Å². The van der Waals surface area contributed by atoms with Gasteiger partial charge in [-0.25, -0.2) is 0 Å². The summed E-state index contributed by atoms with van der Waals surface area (Å²) >= 11 is 1.46. The van der Waals surface area contributed by atoms with E-state index in [2.05, 4.69) is 11.4 Å². The van der Waals surface area contributed by atoms with Crippen molar-refractivity contribution in [1.29, 1.82) is 5.26 Å². The topological polar surface area (TPSA) is 69.2 Å². The number of aliphatic hydroxyl groups is 1. The van der Waals surface area contributed by atoms with Crippen molar-refractivity contribution >= 4 is 11.3 Å². The highest BCUT2D eigenvalue weighted by atomic mass is 32.1. The Hall–Kier alpha value is -1.61. The lowest BCUT2D eigenvalue weighted by Gasteiger charge is -2.14. The molecule has 2 N–H and O–H groups in total. The quantitative estimate of drug-likeness (QED) is 0.869. The molecule has 0 spiro atoms. The first-order valence-corrected chi connectivity index (χ1v) is 6.47. The molecule has 94 valence electrons. The highest BCUT2D eigenvalue weighted by Crippen LogP contribution is 2.23. The smallest absolute Gasteiger partial charge is 0.133 e. The van der Waals surface area contributed by atoms with Gasteiger partial charge >= 0.3 is 0 Å². The Bertz CT molecular complexity index is 527. The zero-order chi connectivity index (χ0) is 13.0. The molecule has 0 unspecified atom stereocenters. The molecule has 0 radical (unpaired) electrons. The second-order valence-corrected chi connectivity index (χ2v) is 5.09. The van der Waals surface area contributed by atoms with Crippen LogP contribution in [0.1, 0.15) is 34.6 Å². The van der Waals surface area contributed by atoms with E-state index in [0.29, 0.717) is 17.2 Å². The van der Waals surface area contributed by atoms with Crippen molar-refractivity contribution in [3.8, 4) is 6.07 Å². The summed E-state index contributed by atoms with van der Waals surface area (Å²) in [4.78, 5) is 1.78. The minimum Gasteiger partial charge on any atom is -0.467 e. The standard InChI is InChI=1S/C13H14N2O2S/c1-9(13-5-4-10(7-14)18-13)15-8-11(16)12-3-2-6-17-12/h2-6,9,11,15-16H,8H2,1H3/t9-,11-/m0/s1. The zero-order valence-corrected chi connectivity index (χ0v) is 10.8. The highest BCUT2D eigenvalue weighted by Gasteiger charge is 2.13. The summed E-state index contributed by atoms with van der Waals surface area (Å²) in [5.41, 5.74) is 0. The summed E-state index contributed by atoms with van der Waals surface area (Å²) in [7, 11) is 0. The maximum Gasteiger partial charge on any atom is 0.133 e. The van der Waals surface area contributed by atoms with Crippen LogP contribution in [0.2, 0.25) is 0 Å². The Morgan fingerprint density at radius 3 is 2.94 bits per heavy atom. The summed E-state index contributed by atoms with van der Waals surface area (Å²) in [6.07, 6.45) is 0.887. The van der Waals surface area contributed by atoms with Gasteiger partial charge in [-0.2, -0.15) is 5.26 Å². The number of nitrogens with one attached hydrogen (secondary N) is 1. The fraction of sp³-hybridized carbons (Fsp3) is 0.308. The molecule has 2 atom stereocenters. The van der Waals surface area contributed by atoms with Gasteiger partial charge in [-0.3, -0.25) is 0 Å². The van der Waals surface area contributed by atoms with Gasteiger partial charge in [0.05, 0.1) is 6.26 Å². The highest BCUT2D eigenvalue weighted by molar-refractivity contribution is 7.12. The first-order valence-electron chi connectivity index (χ1n) is 5.65. The predicted octanol–water partition coefficient (Wildman–Crippen LogP) is 2.60. The summed E-state index contributed by atoms with van der Waals surface area (Å²) in [6.45, 7) is 2.41. The van der Waals surface area contributed by atoms with E-state index in [0.717, 1.165) is 4.88 Å². The largest absolute Gasteiger partial charge is 0.467 e. The lowest BCUT2D eigenvalue weighted by atomic mass is 10.2. The monoisotopic (exact) mass is 262 g/mol. The van der Waals surface area contributed by atoms with E-state index >= 15 is 0 Å². The van der Waals surface area contributed by atoms with E-state index < -0.39 is 6.10 Å². The molecule has 2 heterocycles. The van der Waals surface area contributed by atoms with Crippen LogP contribution in [0.3, 0.4) is 0 Å². The van der Waals surface area contributed by atoms with Crippen molar-refractivity contribution in [2.45, 2.75) is 19.1 Å². The lowest BCUT2D eigenvalue weighted by Crippen LogP contribution is -2.23. The van der Waals surface area contributed by atoms with Crippen LogP contribution in [0.25, 0.3) is 0 Å². The van der Waals surface area contributed by atoms with Crippen molar-refractivity contribution in [3.05, 3.63) is 46.0 Å². The van der Waals surface area contributed by atoms with Gasteiger partial charge in [0.1, 0.15) is 22.8 Å². The Balaban J connectivity index is 1.88. The molecule has 18 heavy (non-hydrogen) atoms. The third-order valence-corrected chi connectivity index (χ3v) is 3.83. The molecule has 2 aromatic rings. The first kappa shape index (κ1) is 12.8. The fourth-order valence-corrected chi connectivity index (χ4v) is 2.45. The Kier molecular flexibility index (Phi) is 4.15. The summed E-state index contributed by atoms with van der Waals surface area (Å²) < 4.78 is 5.12. The van der Waals surface area contributed by atoms with Crippen molar-refractivity contribution < 1.29 is 9.52 Å². The van der Waals surface area contributed by atoms with Gasteiger partial charge in [0, 0.05) is 17.5 Å². The Morgan fingerprint density at radius 1 is 1.50 bits per heavy atom. The van der Waals surface area contributed by atoms with E-state index in [1.54, 1.807) is 24.5 Å². The zero-order valence-electron chi connectivity index (χ0n) is 9.96. The number of aliphatic hydroxyl groups excluding tert-OH is 1. The van der Waals surface area contributed by atoms with Crippen molar-refractivity contribution in [3.63, 3.8) is 0 Å². The minimum absolute atomic E-state index is 0.0988. The molecule has 0 aliphatic heterocycles. The van der Waals surface area contributed by atoms with Gasteiger partial charge in [-0.1, -0.05) is 0 Å². The van der Waals surface area contributed by atoms with E-state index in [-0.39, 0.29) is 6.04 Å². The normalized spacial score (nSPS) is 14.1. The maximum atomic E-state index is 9.85. The van der Waals surface area contributed by atoms with E-state index in [1.165, 1.54) is 11.3 Å². The average molecular weight is 262 g/mol. The molecule has 0 aliphatic rings. The number of hydrogen-bond acceptors (Lipinski definition) is 5. The van der Waals surface area contributed by atoms with Gasteiger partial charge in [-0.05, 0) is 31.2 Å². The van der Waals surface area contributed by atoms with Crippen LogP contribution in [0, 0.1) is 11.3 Å². The van der Waals surface area contributed by atoms with Crippen LogP contribution < -0.4 is 5.32 Å². The number of furan rings is 1. The third kappa shape index (κ3) is 2.99. The summed E-state index contributed by atoms with van der Waals surface area (Å²) in [5, 5.41) is 21.8. The van der Waals surface area contributed by atoms with E-state index in [1.807, 2.05) is 13.0 Å². The SMILES string of the molecule is C[C@H](NC[C@H](O)c1ccco1)c1ccc(C#N)s1. The second-order valence-electron chi connectivity index (χ2n) is 3.97. The molecule has 0 saturated heterocycles. The van der Waals surface area contributed by atoms with Crippen molar-refractivity contribution in [2.24, 2.45) is 0 Å². The number of nitrogens with zero attached hydrogens (tertiary/aromatic N) is 1. The average Bonchev–Trinajstić information content (AvgIpc) is 3.05. The summed E-state index contributed by atoms with van der Waals surface area (Å²) in [6, 6.07) is 9.45. The molecule has 0 aliphatic carbocycles. The molecule has 0 fully saturated rings. The number of thiophene rings is 1. The molecule has 4 nitrogen and oxygen atoms in total. The summed E-state index contributed by atoms with van der Waals surface area (Å²) in [5.74, 6) is 0.554.